The van der Waals surface area contributed by atoms with E-state index in [1.165, 1.54) is 23.5 Å². The van der Waals surface area contributed by atoms with Gasteiger partial charge in [-0.05, 0) is 42.1 Å². The second-order valence-electron chi connectivity index (χ2n) is 5.54. The van der Waals surface area contributed by atoms with Gasteiger partial charge in [-0.15, -0.1) is 11.3 Å². The van der Waals surface area contributed by atoms with Crippen molar-refractivity contribution in [3.8, 4) is 11.1 Å². The predicted octanol–water partition coefficient (Wildman–Crippen LogP) is 4.21. The van der Waals surface area contributed by atoms with E-state index in [1.54, 1.807) is 0 Å². The fourth-order valence-corrected chi connectivity index (χ4v) is 3.24. The van der Waals surface area contributed by atoms with Crippen LogP contribution in [0.25, 0.3) is 11.1 Å². The molecule has 0 atom stereocenters. The van der Waals surface area contributed by atoms with Crippen LogP contribution < -0.4 is 11.1 Å². The van der Waals surface area contributed by atoms with Crippen LogP contribution >= 0.6 is 11.3 Å². The quantitative estimate of drug-likeness (QED) is 0.736. The smallest absolute Gasteiger partial charge is 0.266 e. The third-order valence-electron chi connectivity index (χ3n) is 3.72. The number of rotatable bonds is 4. The zero-order chi connectivity index (χ0) is 18.0. The standard InChI is InChI=1S/C19H15FN2O2S/c1-11-2-4-12(5-3-11)14-8-9-25-17(14)19(24)22-13-6-7-16(20)15(10-13)18(21)23/h2-10H,1H3,(H2,21,23)(H,22,24). The number of halogens is 1. The van der Waals surface area contributed by atoms with E-state index in [2.05, 4.69) is 5.32 Å². The van der Waals surface area contributed by atoms with Gasteiger partial charge in [-0.2, -0.15) is 0 Å². The van der Waals surface area contributed by atoms with E-state index in [0.717, 1.165) is 22.8 Å². The summed E-state index contributed by atoms with van der Waals surface area (Å²) in [6.45, 7) is 2.00. The Morgan fingerprint density at radius 3 is 2.48 bits per heavy atom. The molecule has 126 valence electrons. The largest absolute Gasteiger partial charge is 0.366 e. The summed E-state index contributed by atoms with van der Waals surface area (Å²) in [5, 5.41) is 4.52. The summed E-state index contributed by atoms with van der Waals surface area (Å²) < 4.78 is 13.5. The molecule has 0 saturated carbocycles. The minimum Gasteiger partial charge on any atom is -0.366 e. The summed E-state index contributed by atoms with van der Waals surface area (Å²) in [4.78, 5) is 24.4. The van der Waals surface area contributed by atoms with Crippen molar-refractivity contribution in [1.82, 2.24) is 0 Å². The first-order chi connectivity index (χ1) is 12.0. The van der Waals surface area contributed by atoms with Crippen LogP contribution in [0.4, 0.5) is 10.1 Å². The lowest BCUT2D eigenvalue weighted by molar-refractivity contribution is 0.0993. The number of hydrogen-bond donors (Lipinski definition) is 2. The normalized spacial score (nSPS) is 10.5. The second-order valence-corrected chi connectivity index (χ2v) is 6.46. The van der Waals surface area contributed by atoms with Gasteiger partial charge in [0.1, 0.15) is 5.82 Å². The molecule has 2 amide bonds. The average Bonchev–Trinajstić information content (AvgIpc) is 3.07. The van der Waals surface area contributed by atoms with Crippen molar-refractivity contribution >= 4 is 28.8 Å². The molecule has 0 unspecified atom stereocenters. The second kappa shape index (κ2) is 6.86. The number of carbonyl (C=O) groups excluding carboxylic acids is 2. The van der Waals surface area contributed by atoms with E-state index < -0.39 is 11.7 Å². The minimum atomic E-state index is -0.884. The molecule has 25 heavy (non-hydrogen) atoms. The fourth-order valence-electron chi connectivity index (χ4n) is 2.43. The molecule has 4 nitrogen and oxygen atoms in total. The number of anilines is 1. The number of thiophene rings is 1. The molecular formula is C19H15FN2O2S. The molecule has 0 bridgehead atoms. The van der Waals surface area contributed by atoms with Gasteiger partial charge in [-0.25, -0.2) is 4.39 Å². The van der Waals surface area contributed by atoms with Crippen molar-refractivity contribution in [3.63, 3.8) is 0 Å². The van der Waals surface area contributed by atoms with E-state index in [0.29, 0.717) is 10.6 Å². The molecule has 0 fully saturated rings. The molecule has 3 rings (SSSR count). The molecule has 3 N–H and O–H groups in total. The van der Waals surface area contributed by atoms with Gasteiger partial charge in [0.25, 0.3) is 11.8 Å². The summed E-state index contributed by atoms with van der Waals surface area (Å²) >= 11 is 1.31. The molecule has 0 spiro atoms. The molecule has 1 heterocycles. The first kappa shape index (κ1) is 16.9. The van der Waals surface area contributed by atoms with Crippen molar-refractivity contribution < 1.29 is 14.0 Å². The zero-order valence-corrected chi connectivity index (χ0v) is 14.2. The van der Waals surface area contributed by atoms with Crippen LogP contribution in [0, 0.1) is 12.7 Å². The summed E-state index contributed by atoms with van der Waals surface area (Å²) in [7, 11) is 0. The highest BCUT2D eigenvalue weighted by molar-refractivity contribution is 7.12. The van der Waals surface area contributed by atoms with Crippen LogP contribution in [0.15, 0.2) is 53.9 Å². The van der Waals surface area contributed by atoms with Gasteiger partial charge in [0.05, 0.1) is 10.4 Å². The van der Waals surface area contributed by atoms with Crippen molar-refractivity contribution in [2.24, 2.45) is 5.73 Å². The van der Waals surface area contributed by atoms with Crippen LogP contribution in [0.2, 0.25) is 0 Å². The monoisotopic (exact) mass is 354 g/mol. The van der Waals surface area contributed by atoms with Gasteiger partial charge in [-0.1, -0.05) is 29.8 Å². The first-order valence-electron chi connectivity index (χ1n) is 7.51. The Balaban J connectivity index is 1.88. The van der Waals surface area contributed by atoms with Gasteiger partial charge in [-0.3, -0.25) is 9.59 Å². The Morgan fingerprint density at radius 2 is 1.80 bits per heavy atom. The molecule has 2 aromatic carbocycles. The van der Waals surface area contributed by atoms with Crippen LogP contribution in [-0.2, 0) is 0 Å². The molecule has 0 aliphatic rings. The zero-order valence-electron chi connectivity index (χ0n) is 13.4. The predicted molar refractivity (Wildman–Crippen MR) is 97.4 cm³/mol. The first-order valence-corrected chi connectivity index (χ1v) is 8.39. The lowest BCUT2D eigenvalue weighted by Crippen LogP contribution is -2.15. The molecular weight excluding hydrogens is 339 g/mol. The lowest BCUT2D eigenvalue weighted by Gasteiger charge is -2.08. The molecule has 0 aliphatic heterocycles. The highest BCUT2D eigenvalue weighted by Crippen LogP contribution is 2.29. The minimum absolute atomic E-state index is 0.261. The molecule has 0 saturated heterocycles. The SMILES string of the molecule is Cc1ccc(-c2ccsc2C(=O)Nc2ccc(F)c(C(N)=O)c2)cc1. The van der Waals surface area contributed by atoms with Gasteiger partial charge < -0.3 is 11.1 Å². The lowest BCUT2D eigenvalue weighted by atomic mass is 10.0. The Labute approximate surface area is 148 Å². The van der Waals surface area contributed by atoms with E-state index >= 15 is 0 Å². The fraction of sp³-hybridized carbons (Fsp3) is 0.0526. The van der Waals surface area contributed by atoms with E-state index in [9.17, 15) is 14.0 Å². The Morgan fingerprint density at radius 1 is 1.08 bits per heavy atom. The third kappa shape index (κ3) is 3.59. The summed E-state index contributed by atoms with van der Waals surface area (Å²) in [6.07, 6.45) is 0. The van der Waals surface area contributed by atoms with Crippen molar-refractivity contribution in [1.29, 1.82) is 0 Å². The van der Waals surface area contributed by atoms with Gasteiger partial charge in [0.2, 0.25) is 0 Å². The van der Waals surface area contributed by atoms with E-state index in [1.807, 2.05) is 42.6 Å². The van der Waals surface area contributed by atoms with Crippen LogP contribution in [0.5, 0.6) is 0 Å². The number of primary amides is 1. The molecule has 0 radical (unpaired) electrons. The summed E-state index contributed by atoms with van der Waals surface area (Å²) in [5.41, 5.74) is 8.07. The van der Waals surface area contributed by atoms with Crippen LogP contribution in [0.3, 0.4) is 0 Å². The van der Waals surface area contributed by atoms with Gasteiger partial charge in [0, 0.05) is 11.3 Å². The van der Waals surface area contributed by atoms with Crippen molar-refractivity contribution in [2.45, 2.75) is 6.92 Å². The maximum absolute atomic E-state index is 13.5. The molecule has 1 aromatic heterocycles. The number of benzene rings is 2. The molecule has 6 heteroatoms. The number of amides is 2. The van der Waals surface area contributed by atoms with Crippen molar-refractivity contribution in [2.75, 3.05) is 5.32 Å². The molecule has 0 aliphatic carbocycles. The van der Waals surface area contributed by atoms with E-state index in [4.69, 9.17) is 5.73 Å². The van der Waals surface area contributed by atoms with Gasteiger partial charge in [0.15, 0.2) is 0 Å². The van der Waals surface area contributed by atoms with E-state index in [-0.39, 0.29) is 11.5 Å². The number of aryl methyl sites for hydroxylation is 1. The summed E-state index contributed by atoms with van der Waals surface area (Å²) in [5.74, 6) is -1.93. The maximum Gasteiger partial charge on any atom is 0.266 e. The average molecular weight is 354 g/mol. The number of hydrogen-bond acceptors (Lipinski definition) is 3. The molecule has 3 aromatic rings. The van der Waals surface area contributed by atoms with Crippen molar-refractivity contribution in [3.05, 3.63) is 75.7 Å². The highest BCUT2D eigenvalue weighted by atomic mass is 32.1. The third-order valence-corrected chi connectivity index (χ3v) is 4.64. The number of nitrogens with one attached hydrogen (secondary N) is 1. The number of nitrogens with two attached hydrogens (primary N) is 1. The van der Waals surface area contributed by atoms with Crippen LogP contribution in [0.1, 0.15) is 25.6 Å². The van der Waals surface area contributed by atoms with Crippen LogP contribution in [-0.4, -0.2) is 11.8 Å². The Hall–Kier alpha value is -2.99. The Kier molecular flexibility index (Phi) is 4.63. The van der Waals surface area contributed by atoms with Gasteiger partial charge >= 0.3 is 0 Å². The topological polar surface area (TPSA) is 72.2 Å². The Bertz CT molecular complexity index is 948. The highest BCUT2D eigenvalue weighted by Gasteiger charge is 2.16. The number of carbonyl (C=O) groups is 2. The summed E-state index contributed by atoms with van der Waals surface area (Å²) in [6, 6.07) is 13.5. The maximum atomic E-state index is 13.5.